The summed E-state index contributed by atoms with van der Waals surface area (Å²) in [7, 11) is -3.05. The van der Waals surface area contributed by atoms with Crippen molar-refractivity contribution >= 4 is 15.7 Å². The van der Waals surface area contributed by atoms with Crippen LogP contribution in [0.3, 0.4) is 0 Å². The molecule has 5 nitrogen and oxygen atoms in total. The highest BCUT2D eigenvalue weighted by Crippen LogP contribution is 2.15. The van der Waals surface area contributed by atoms with Crippen LogP contribution in [0.5, 0.6) is 0 Å². The predicted octanol–water partition coefficient (Wildman–Crippen LogP) is -1.13. The summed E-state index contributed by atoms with van der Waals surface area (Å²) in [4.78, 5) is 12.9. The van der Waals surface area contributed by atoms with E-state index in [4.69, 9.17) is 5.11 Å². The van der Waals surface area contributed by atoms with Crippen LogP contribution in [0.25, 0.3) is 0 Å². The Morgan fingerprint density at radius 3 is 2.50 bits per heavy atom. The first-order valence-corrected chi connectivity index (χ1v) is 6.55. The molecule has 0 aromatic carbocycles. The molecule has 1 aliphatic heterocycles. The molecule has 1 N–H and O–H groups in total. The number of likely N-dealkylation sites (tertiary alicyclic amines) is 1. The van der Waals surface area contributed by atoms with E-state index in [9.17, 15) is 13.2 Å². The van der Waals surface area contributed by atoms with Crippen LogP contribution in [0.15, 0.2) is 0 Å². The lowest BCUT2D eigenvalue weighted by Gasteiger charge is -2.38. The van der Waals surface area contributed by atoms with Gasteiger partial charge in [0, 0.05) is 38.3 Å². The predicted molar refractivity (Wildman–Crippen MR) is 51.5 cm³/mol. The summed E-state index contributed by atoms with van der Waals surface area (Å²) < 4.78 is 21.5. The molecule has 0 atom stereocenters. The summed E-state index contributed by atoms with van der Waals surface area (Å²) in [6.45, 7) is 1.20. The highest BCUT2D eigenvalue weighted by molar-refractivity contribution is 7.90. The molecular weight excluding hydrogens is 206 g/mol. The van der Waals surface area contributed by atoms with Crippen molar-refractivity contribution in [2.75, 3.05) is 31.7 Å². The van der Waals surface area contributed by atoms with E-state index in [1.807, 2.05) is 0 Å². The Bertz CT molecular complexity index is 305. The highest BCUT2D eigenvalue weighted by Gasteiger charge is 2.29. The Morgan fingerprint density at radius 2 is 2.07 bits per heavy atom. The molecule has 1 aliphatic rings. The second kappa shape index (κ2) is 4.27. The number of carbonyl (C=O) groups is 1. The topological polar surface area (TPSA) is 74.7 Å². The van der Waals surface area contributed by atoms with E-state index in [1.54, 1.807) is 4.90 Å². The second-order valence-corrected chi connectivity index (χ2v) is 5.99. The normalized spacial score (nSPS) is 18.0. The number of sulfone groups is 1. The lowest BCUT2D eigenvalue weighted by atomic mass is 10.0. The molecule has 6 heteroatoms. The van der Waals surface area contributed by atoms with Crippen molar-refractivity contribution in [1.82, 2.24) is 4.90 Å². The number of carbonyl (C=O) groups excluding carboxylic acids is 1. The SMILES string of the molecule is CS(=O)(=O)CCC(=O)N1CC(CO)C1. The van der Waals surface area contributed by atoms with Crippen LogP contribution >= 0.6 is 0 Å². The Hall–Kier alpha value is -0.620. The molecule has 0 aliphatic carbocycles. The summed E-state index contributed by atoms with van der Waals surface area (Å²) in [6, 6.07) is 0. The van der Waals surface area contributed by atoms with Gasteiger partial charge in [-0.1, -0.05) is 0 Å². The van der Waals surface area contributed by atoms with Gasteiger partial charge in [-0.25, -0.2) is 8.42 Å². The Morgan fingerprint density at radius 1 is 1.50 bits per heavy atom. The third kappa shape index (κ3) is 3.26. The number of aliphatic hydroxyl groups excluding tert-OH is 1. The van der Waals surface area contributed by atoms with Gasteiger partial charge in [0.15, 0.2) is 0 Å². The molecule has 1 saturated heterocycles. The second-order valence-electron chi connectivity index (χ2n) is 3.73. The van der Waals surface area contributed by atoms with Crippen molar-refractivity contribution in [2.45, 2.75) is 6.42 Å². The van der Waals surface area contributed by atoms with E-state index in [-0.39, 0.29) is 30.6 Å². The quantitative estimate of drug-likeness (QED) is 0.652. The van der Waals surface area contributed by atoms with E-state index >= 15 is 0 Å². The van der Waals surface area contributed by atoms with E-state index in [1.165, 1.54) is 0 Å². The van der Waals surface area contributed by atoms with Crippen LogP contribution in [0.1, 0.15) is 6.42 Å². The van der Waals surface area contributed by atoms with Crippen molar-refractivity contribution in [3.05, 3.63) is 0 Å². The summed E-state index contributed by atoms with van der Waals surface area (Å²) in [5.74, 6) is -0.0520. The average Bonchev–Trinajstić information content (AvgIpc) is 1.97. The zero-order valence-electron chi connectivity index (χ0n) is 8.14. The summed E-state index contributed by atoms with van der Waals surface area (Å²) in [6.07, 6.45) is 1.17. The van der Waals surface area contributed by atoms with Crippen molar-refractivity contribution < 1.29 is 18.3 Å². The Balaban J connectivity index is 2.25. The molecule has 0 aromatic rings. The van der Waals surface area contributed by atoms with Gasteiger partial charge in [-0.05, 0) is 0 Å². The van der Waals surface area contributed by atoms with Gasteiger partial charge in [-0.2, -0.15) is 0 Å². The number of rotatable bonds is 4. The smallest absolute Gasteiger partial charge is 0.223 e. The lowest BCUT2D eigenvalue weighted by molar-refractivity contribution is -0.137. The fraction of sp³-hybridized carbons (Fsp3) is 0.875. The fourth-order valence-corrected chi connectivity index (χ4v) is 1.87. The number of nitrogens with zero attached hydrogens (tertiary/aromatic N) is 1. The van der Waals surface area contributed by atoms with Crippen molar-refractivity contribution in [1.29, 1.82) is 0 Å². The molecule has 1 heterocycles. The van der Waals surface area contributed by atoms with Crippen LogP contribution in [-0.2, 0) is 14.6 Å². The third-order valence-electron chi connectivity index (χ3n) is 2.25. The van der Waals surface area contributed by atoms with Crippen LogP contribution in [0.2, 0.25) is 0 Å². The van der Waals surface area contributed by atoms with Gasteiger partial charge >= 0.3 is 0 Å². The highest BCUT2D eigenvalue weighted by atomic mass is 32.2. The molecule has 0 radical (unpaired) electrons. The maximum atomic E-state index is 11.3. The van der Waals surface area contributed by atoms with Gasteiger partial charge in [0.25, 0.3) is 0 Å². The summed E-state index contributed by atoms with van der Waals surface area (Å²) >= 11 is 0. The zero-order chi connectivity index (χ0) is 10.8. The molecule has 0 spiro atoms. The maximum Gasteiger partial charge on any atom is 0.223 e. The fourth-order valence-electron chi connectivity index (χ4n) is 1.32. The van der Waals surface area contributed by atoms with E-state index in [0.29, 0.717) is 13.1 Å². The van der Waals surface area contributed by atoms with E-state index < -0.39 is 9.84 Å². The van der Waals surface area contributed by atoms with E-state index in [0.717, 1.165) is 6.26 Å². The first-order chi connectivity index (χ1) is 6.42. The minimum Gasteiger partial charge on any atom is -0.396 e. The maximum absolute atomic E-state index is 11.3. The van der Waals surface area contributed by atoms with Crippen LogP contribution in [0, 0.1) is 5.92 Å². The van der Waals surface area contributed by atoms with Gasteiger partial charge in [0.05, 0.1) is 5.75 Å². The molecule has 1 fully saturated rings. The molecule has 14 heavy (non-hydrogen) atoms. The zero-order valence-corrected chi connectivity index (χ0v) is 8.96. The first-order valence-electron chi connectivity index (χ1n) is 4.48. The first kappa shape index (κ1) is 11.5. The number of amides is 1. The van der Waals surface area contributed by atoms with Crippen molar-refractivity contribution in [2.24, 2.45) is 5.92 Å². The largest absolute Gasteiger partial charge is 0.396 e. The van der Waals surface area contributed by atoms with Crippen molar-refractivity contribution in [3.8, 4) is 0 Å². The molecule has 1 amide bonds. The minimum atomic E-state index is -3.05. The third-order valence-corrected chi connectivity index (χ3v) is 3.20. The molecule has 82 valence electrons. The Labute approximate surface area is 83.6 Å². The van der Waals surface area contributed by atoms with Gasteiger partial charge in [-0.15, -0.1) is 0 Å². The van der Waals surface area contributed by atoms with E-state index in [2.05, 4.69) is 0 Å². The lowest BCUT2D eigenvalue weighted by Crippen LogP contribution is -2.51. The van der Waals surface area contributed by atoms with Gasteiger partial charge < -0.3 is 10.0 Å². The molecular formula is C8H15NO4S. The number of aliphatic hydroxyl groups is 1. The molecule has 0 aromatic heterocycles. The minimum absolute atomic E-state index is 0.0526. The Kier molecular flexibility index (Phi) is 3.49. The standard InChI is InChI=1S/C8H15NO4S/c1-14(12,13)3-2-8(11)9-4-7(5-9)6-10/h7,10H,2-6H2,1H3. The average molecular weight is 221 g/mol. The van der Waals surface area contributed by atoms with Gasteiger partial charge in [0.2, 0.25) is 5.91 Å². The van der Waals surface area contributed by atoms with Crippen molar-refractivity contribution in [3.63, 3.8) is 0 Å². The van der Waals surface area contributed by atoms with Gasteiger partial charge in [-0.3, -0.25) is 4.79 Å². The number of hydrogen-bond donors (Lipinski definition) is 1. The summed E-state index contributed by atoms with van der Waals surface area (Å²) in [5.41, 5.74) is 0. The molecule has 0 unspecified atom stereocenters. The van der Waals surface area contributed by atoms with Crippen LogP contribution in [0.4, 0.5) is 0 Å². The molecule has 0 bridgehead atoms. The number of hydrogen-bond acceptors (Lipinski definition) is 4. The summed E-state index contributed by atoms with van der Waals surface area (Å²) in [5, 5.41) is 8.71. The molecule has 1 rings (SSSR count). The molecule has 0 saturated carbocycles. The van der Waals surface area contributed by atoms with Gasteiger partial charge in [0.1, 0.15) is 9.84 Å². The van der Waals surface area contributed by atoms with Crippen LogP contribution < -0.4 is 0 Å². The van der Waals surface area contributed by atoms with Crippen LogP contribution in [-0.4, -0.2) is 56.0 Å². The monoisotopic (exact) mass is 221 g/mol.